The number of nitrogens with zero attached hydrogens (tertiary/aromatic N) is 5. The van der Waals surface area contributed by atoms with Gasteiger partial charge in [0.15, 0.2) is 0 Å². The molecule has 11 nitrogen and oxygen atoms in total. The number of amides is 3. The number of urea groups is 1. The lowest BCUT2D eigenvalue weighted by Gasteiger charge is -2.31. The zero-order chi connectivity index (χ0) is 32.1. The number of rotatable bonds is 7. The van der Waals surface area contributed by atoms with Crippen LogP contribution in [0.15, 0.2) is 52.4 Å². The van der Waals surface area contributed by atoms with Crippen molar-refractivity contribution in [3.63, 3.8) is 0 Å². The number of nitrogens with two attached hydrogens (primary N) is 1. The maximum atomic E-state index is 14.9. The number of anilines is 4. The van der Waals surface area contributed by atoms with E-state index in [1.807, 2.05) is 41.8 Å². The van der Waals surface area contributed by atoms with Crippen molar-refractivity contribution in [3.05, 3.63) is 64.0 Å². The monoisotopic (exact) mass is 655 g/mol. The van der Waals surface area contributed by atoms with Crippen molar-refractivity contribution >= 4 is 71.0 Å². The van der Waals surface area contributed by atoms with Crippen LogP contribution in [0.5, 0.6) is 0 Å². The minimum absolute atomic E-state index is 0.0384. The summed E-state index contributed by atoms with van der Waals surface area (Å²) in [7, 11) is 0. The molecule has 2 aliphatic rings. The van der Waals surface area contributed by atoms with Gasteiger partial charge < -0.3 is 26.6 Å². The highest BCUT2D eigenvalue weighted by molar-refractivity contribution is 6.36. The van der Waals surface area contributed by atoms with E-state index in [2.05, 4.69) is 27.7 Å². The van der Waals surface area contributed by atoms with Gasteiger partial charge in [-0.05, 0) is 76.4 Å². The highest BCUT2D eigenvalue weighted by atomic mass is 35.5. The van der Waals surface area contributed by atoms with Crippen molar-refractivity contribution in [2.75, 3.05) is 29.0 Å². The quantitative estimate of drug-likeness (QED) is 0.164. The van der Waals surface area contributed by atoms with E-state index in [9.17, 15) is 14.0 Å². The van der Waals surface area contributed by atoms with Crippen LogP contribution in [0.25, 0.3) is 0 Å². The molecule has 1 aliphatic heterocycles. The fraction of sp³-hybridized carbons (Fsp3) is 0.387. The number of likely N-dealkylation sites (tertiary alicyclic amines) is 1. The maximum absolute atomic E-state index is 14.9. The summed E-state index contributed by atoms with van der Waals surface area (Å²) >= 11 is 12.3. The van der Waals surface area contributed by atoms with Gasteiger partial charge in [0, 0.05) is 35.8 Å². The van der Waals surface area contributed by atoms with Crippen LogP contribution in [0.4, 0.5) is 32.3 Å². The van der Waals surface area contributed by atoms with Crippen molar-refractivity contribution in [2.24, 2.45) is 21.6 Å². The van der Waals surface area contributed by atoms with Gasteiger partial charge >= 0.3 is 6.03 Å². The van der Waals surface area contributed by atoms with E-state index in [0.29, 0.717) is 56.2 Å². The number of carbonyl (C=O) groups excluding carboxylic acids is 2. The lowest BCUT2D eigenvalue weighted by atomic mass is 9.85. The van der Waals surface area contributed by atoms with Crippen LogP contribution in [0.1, 0.15) is 50.3 Å². The van der Waals surface area contributed by atoms with Crippen molar-refractivity contribution in [1.82, 2.24) is 14.5 Å². The lowest BCUT2D eigenvalue weighted by molar-refractivity contribution is -0.122. The van der Waals surface area contributed by atoms with Crippen molar-refractivity contribution in [3.8, 4) is 0 Å². The molecule has 1 saturated heterocycles. The van der Waals surface area contributed by atoms with E-state index in [1.54, 1.807) is 4.90 Å². The summed E-state index contributed by atoms with van der Waals surface area (Å²) in [5, 5.41) is 9.56. The molecule has 238 valence electrons. The molecule has 5 N–H and O–H groups in total. The summed E-state index contributed by atoms with van der Waals surface area (Å²) in [6.07, 6.45) is 4.05. The molecule has 0 unspecified atom stereocenters. The molecule has 0 spiro atoms. The second-order valence-corrected chi connectivity index (χ2v) is 12.1. The Hall–Kier alpha value is -4.16. The average Bonchev–Trinajstić information content (AvgIpc) is 3.33. The summed E-state index contributed by atoms with van der Waals surface area (Å²) < 4.78 is 16.9. The normalized spacial score (nSPS) is 20.4. The molecule has 14 heteroatoms. The Bertz CT molecular complexity index is 1570. The number of aliphatic imine (C=N–C) groups is 2. The summed E-state index contributed by atoms with van der Waals surface area (Å²) in [6.45, 7) is 6.57. The molecule has 3 amide bonds. The first kappa shape index (κ1) is 32.2. The smallest absolute Gasteiger partial charge is 0.321 e. The summed E-state index contributed by atoms with van der Waals surface area (Å²) in [6, 6.07) is 11.4. The predicted octanol–water partition coefficient (Wildman–Crippen LogP) is 6.76. The van der Waals surface area contributed by atoms with E-state index in [0.717, 1.165) is 18.5 Å². The molecule has 2 heterocycles. The lowest BCUT2D eigenvalue weighted by Crippen LogP contribution is -2.44. The summed E-state index contributed by atoms with van der Waals surface area (Å²) in [4.78, 5) is 40.2. The molecular formula is C31H36Cl2FN9O2. The largest absolute Gasteiger partial charge is 0.369 e. The van der Waals surface area contributed by atoms with Gasteiger partial charge in [-0.25, -0.2) is 24.2 Å². The molecular weight excluding hydrogens is 620 g/mol. The third kappa shape index (κ3) is 7.74. The third-order valence-corrected chi connectivity index (χ3v) is 8.70. The number of imidazole rings is 1. The number of guanidine groups is 1. The van der Waals surface area contributed by atoms with Crippen LogP contribution in [-0.2, 0) is 4.79 Å². The third-order valence-electron chi connectivity index (χ3n) is 8.19. The van der Waals surface area contributed by atoms with E-state index < -0.39 is 5.82 Å². The molecule has 3 aromatic rings. The Morgan fingerprint density at radius 3 is 2.49 bits per heavy atom. The number of nitrogens with one attached hydrogen (secondary N) is 3. The fourth-order valence-corrected chi connectivity index (χ4v) is 6.41. The number of carbonyl (C=O) groups is 2. The first-order valence-corrected chi connectivity index (χ1v) is 15.6. The average molecular weight is 657 g/mol. The Morgan fingerprint density at radius 1 is 1.09 bits per heavy atom. The molecule has 0 radical (unpaired) electrons. The van der Waals surface area contributed by atoms with Crippen LogP contribution in [0.2, 0.25) is 10.0 Å². The van der Waals surface area contributed by atoms with E-state index in [4.69, 9.17) is 38.9 Å². The van der Waals surface area contributed by atoms with E-state index in [-0.39, 0.29) is 51.6 Å². The van der Waals surface area contributed by atoms with Gasteiger partial charge in [0.05, 0.1) is 22.4 Å². The Balaban J connectivity index is 1.40. The van der Waals surface area contributed by atoms with Crippen molar-refractivity contribution in [2.45, 2.75) is 57.5 Å². The van der Waals surface area contributed by atoms with Gasteiger partial charge in [-0.3, -0.25) is 9.36 Å². The van der Waals surface area contributed by atoms with Crippen LogP contribution in [0, 0.1) is 18.7 Å². The van der Waals surface area contributed by atoms with Crippen LogP contribution in [0.3, 0.4) is 0 Å². The molecule has 0 bridgehead atoms. The SMILES string of the molecule is C=NC(=N[C@@H]1CCCN(C(=O)Nc2ccccc2)C1)Nc1c(C)nc(Nc2c(F)cc(Cl)cc2Cl)n1C1CCC(C(N)=O)CC1. The molecule has 5 rings (SSSR count). The van der Waals surface area contributed by atoms with Gasteiger partial charge in [-0.1, -0.05) is 41.4 Å². The maximum Gasteiger partial charge on any atom is 0.321 e. The fourth-order valence-electron chi connectivity index (χ4n) is 5.89. The number of halogens is 3. The van der Waals surface area contributed by atoms with Crippen molar-refractivity contribution in [1.29, 1.82) is 0 Å². The Labute approximate surface area is 271 Å². The second kappa shape index (κ2) is 14.3. The standard InChI is InChI=1S/C31H36Cl2FN9O2/c1-18-28(41-29(36-2)38-22-9-6-14-42(17-22)31(45)39-21-7-4-3-5-8-21)43(23-12-10-19(11-13-23)27(35)44)30(37-18)40-26-24(33)15-20(32)16-25(26)34/h3-5,7-8,15-16,19,22-23H,2,6,9-14,17H2,1H3,(H2,35,44)(H,37,40)(H,38,41)(H,39,45)/t19?,22-,23?/m1/s1. The van der Waals surface area contributed by atoms with Crippen LogP contribution < -0.4 is 21.7 Å². The van der Waals surface area contributed by atoms with Gasteiger partial charge in [0.25, 0.3) is 0 Å². The van der Waals surface area contributed by atoms with Crippen LogP contribution in [-0.4, -0.2) is 58.2 Å². The topological polar surface area (TPSA) is 142 Å². The molecule has 2 fully saturated rings. The number of hydrogen-bond acceptors (Lipinski definition) is 5. The number of para-hydroxylation sites is 1. The molecule has 1 aromatic heterocycles. The highest BCUT2D eigenvalue weighted by Crippen LogP contribution is 2.40. The molecule has 2 aromatic carbocycles. The highest BCUT2D eigenvalue weighted by Gasteiger charge is 2.31. The molecule has 1 aliphatic carbocycles. The minimum Gasteiger partial charge on any atom is -0.369 e. The molecule has 45 heavy (non-hydrogen) atoms. The summed E-state index contributed by atoms with van der Waals surface area (Å²) in [5.41, 5.74) is 6.95. The number of primary amides is 1. The number of piperidine rings is 1. The predicted molar refractivity (Wildman–Crippen MR) is 178 cm³/mol. The van der Waals surface area contributed by atoms with E-state index >= 15 is 0 Å². The zero-order valence-electron chi connectivity index (χ0n) is 24.9. The first-order valence-electron chi connectivity index (χ1n) is 14.8. The molecule has 1 atom stereocenters. The zero-order valence-corrected chi connectivity index (χ0v) is 26.4. The second-order valence-electron chi connectivity index (χ2n) is 11.3. The van der Waals surface area contributed by atoms with Gasteiger partial charge in [-0.2, -0.15) is 0 Å². The number of aryl methyl sites for hydroxylation is 1. The van der Waals surface area contributed by atoms with Gasteiger partial charge in [-0.15, -0.1) is 0 Å². The Morgan fingerprint density at radius 2 is 1.82 bits per heavy atom. The van der Waals surface area contributed by atoms with Crippen molar-refractivity contribution < 1.29 is 14.0 Å². The van der Waals surface area contributed by atoms with Crippen LogP contribution >= 0.6 is 23.2 Å². The Kier molecular flexibility index (Phi) is 10.2. The summed E-state index contributed by atoms with van der Waals surface area (Å²) in [5.74, 6) is 0.0625. The minimum atomic E-state index is -0.625. The van der Waals surface area contributed by atoms with Gasteiger partial charge in [0.2, 0.25) is 17.8 Å². The van der Waals surface area contributed by atoms with E-state index in [1.165, 1.54) is 12.1 Å². The first-order chi connectivity index (χ1) is 21.6. The molecule has 1 saturated carbocycles. The number of hydrogen-bond donors (Lipinski definition) is 4. The number of benzene rings is 2. The number of aromatic nitrogens is 2. The van der Waals surface area contributed by atoms with Gasteiger partial charge in [0.1, 0.15) is 11.6 Å².